The van der Waals surface area contributed by atoms with Crippen LogP contribution in [0.5, 0.6) is 11.5 Å². The number of esters is 1. The molecule has 5 nitrogen and oxygen atoms in total. The number of hydrogen-bond donors (Lipinski definition) is 0. The third-order valence-electron chi connectivity index (χ3n) is 2.92. The van der Waals surface area contributed by atoms with Crippen LogP contribution in [0.2, 0.25) is 0 Å². The summed E-state index contributed by atoms with van der Waals surface area (Å²) in [4.78, 5) is 12.2. The summed E-state index contributed by atoms with van der Waals surface area (Å²) in [7, 11) is -3.27. The van der Waals surface area contributed by atoms with Gasteiger partial charge in [0.2, 0.25) is 0 Å². The number of hydrogen-bond acceptors (Lipinski definition) is 5. The molecule has 0 aliphatic rings. The number of rotatable bonds is 5. The van der Waals surface area contributed by atoms with E-state index >= 15 is 0 Å². The minimum absolute atomic E-state index is 0.0566. The highest BCUT2D eigenvalue weighted by Gasteiger charge is 2.11. The van der Waals surface area contributed by atoms with E-state index in [1.165, 1.54) is 24.3 Å². The Bertz CT molecular complexity index is 775. The molecule has 0 fully saturated rings. The normalized spacial score (nSPS) is 11.3. The van der Waals surface area contributed by atoms with Gasteiger partial charge in [-0.3, -0.25) is 0 Å². The van der Waals surface area contributed by atoms with E-state index in [1.807, 2.05) is 13.8 Å². The molecule has 0 aliphatic carbocycles. The lowest BCUT2D eigenvalue weighted by Crippen LogP contribution is -2.09. The van der Waals surface area contributed by atoms with Gasteiger partial charge in [-0.1, -0.05) is 0 Å². The highest BCUT2D eigenvalue weighted by molar-refractivity contribution is 7.90. The molecule has 0 spiro atoms. The maximum absolute atomic E-state index is 12.0. The Morgan fingerprint density at radius 2 is 1.43 bits per heavy atom. The first-order valence-electron chi connectivity index (χ1n) is 7.05. The third-order valence-corrected chi connectivity index (χ3v) is 4.05. The number of carbonyl (C=O) groups excluding carboxylic acids is 1. The van der Waals surface area contributed by atoms with E-state index in [9.17, 15) is 13.2 Å². The molecule has 2 rings (SSSR count). The lowest BCUT2D eigenvalue weighted by atomic mass is 10.2. The van der Waals surface area contributed by atoms with Crippen molar-refractivity contribution in [1.82, 2.24) is 0 Å². The SMILES string of the molecule is CC(C)Oc1ccc(C(=O)Oc2ccc(S(C)(=O)=O)cc2)cc1. The number of benzene rings is 2. The molecule has 0 aliphatic heterocycles. The summed E-state index contributed by atoms with van der Waals surface area (Å²) in [6.07, 6.45) is 1.18. The van der Waals surface area contributed by atoms with Crippen molar-refractivity contribution >= 4 is 15.8 Å². The minimum atomic E-state index is -3.27. The van der Waals surface area contributed by atoms with Gasteiger partial charge in [-0.25, -0.2) is 13.2 Å². The van der Waals surface area contributed by atoms with Crippen molar-refractivity contribution in [2.24, 2.45) is 0 Å². The van der Waals surface area contributed by atoms with Gasteiger partial charge in [0.05, 0.1) is 16.6 Å². The molecule has 23 heavy (non-hydrogen) atoms. The zero-order valence-electron chi connectivity index (χ0n) is 13.1. The summed E-state index contributed by atoms with van der Waals surface area (Å²) in [6, 6.07) is 12.3. The van der Waals surface area contributed by atoms with Crippen LogP contribution >= 0.6 is 0 Å². The van der Waals surface area contributed by atoms with Gasteiger partial charge in [-0.2, -0.15) is 0 Å². The van der Waals surface area contributed by atoms with Crippen LogP contribution in [-0.2, 0) is 9.84 Å². The van der Waals surface area contributed by atoms with Crippen LogP contribution in [0.15, 0.2) is 53.4 Å². The van der Waals surface area contributed by atoms with E-state index in [-0.39, 0.29) is 16.7 Å². The summed E-state index contributed by atoms with van der Waals surface area (Å²) in [5.74, 6) is 0.437. The summed E-state index contributed by atoms with van der Waals surface area (Å²) in [6.45, 7) is 3.84. The van der Waals surface area contributed by atoms with Crippen LogP contribution in [0.1, 0.15) is 24.2 Å². The van der Waals surface area contributed by atoms with Gasteiger partial charge in [-0.05, 0) is 62.4 Å². The van der Waals surface area contributed by atoms with E-state index < -0.39 is 15.8 Å². The van der Waals surface area contributed by atoms with Gasteiger partial charge in [-0.15, -0.1) is 0 Å². The fourth-order valence-corrected chi connectivity index (χ4v) is 2.49. The smallest absolute Gasteiger partial charge is 0.343 e. The first-order chi connectivity index (χ1) is 10.8. The van der Waals surface area contributed by atoms with Gasteiger partial charge in [0, 0.05) is 6.26 Å². The zero-order chi connectivity index (χ0) is 17.0. The first kappa shape index (κ1) is 17.0. The van der Waals surface area contributed by atoms with Crippen molar-refractivity contribution in [2.75, 3.05) is 6.26 Å². The number of sulfone groups is 1. The van der Waals surface area contributed by atoms with Gasteiger partial charge in [0.1, 0.15) is 11.5 Å². The molecule has 0 heterocycles. The molecule has 2 aromatic rings. The Balaban J connectivity index is 2.07. The fourth-order valence-electron chi connectivity index (χ4n) is 1.86. The van der Waals surface area contributed by atoms with Gasteiger partial charge < -0.3 is 9.47 Å². The average molecular weight is 334 g/mol. The summed E-state index contributed by atoms with van der Waals surface area (Å²) >= 11 is 0. The molecule has 6 heteroatoms. The van der Waals surface area contributed by atoms with Crippen LogP contribution in [0.25, 0.3) is 0 Å². The maximum atomic E-state index is 12.0. The Hall–Kier alpha value is -2.34. The van der Waals surface area contributed by atoms with Crippen LogP contribution in [0.3, 0.4) is 0 Å². The molecule has 122 valence electrons. The van der Waals surface area contributed by atoms with E-state index in [0.717, 1.165) is 6.26 Å². The predicted octanol–water partition coefficient (Wildman–Crippen LogP) is 3.10. The Kier molecular flexibility index (Phi) is 5.05. The average Bonchev–Trinajstić information content (AvgIpc) is 2.47. The third kappa shape index (κ3) is 4.82. The second-order valence-electron chi connectivity index (χ2n) is 5.32. The van der Waals surface area contributed by atoms with Crippen LogP contribution in [-0.4, -0.2) is 26.7 Å². The van der Waals surface area contributed by atoms with E-state index in [2.05, 4.69) is 0 Å². The van der Waals surface area contributed by atoms with Crippen molar-refractivity contribution in [1.29, 1.82) is 0 Å². The second-order valence-corrected chi connectivity index (χ2v) is 7.34. The van der Waals surface area contributed by atoms with Crippen LogP contribution in [0, 0.1) is 0 Å². The van der Waals surface area contributed by atoms with E-state index in [1.54, 1.807) is 24.3 Å². The molecule has 0 unspecified atom stereocenters. The summed E-state index contributed by atoms with van der Waals surface area (Å²) in [5.41, 5.74) is 0.383. The monoisotopic (exact) mass is 334 g/mol. The van der Waals surface area contributed by atoms with Crippen molar-refractivity contribution in [2.45, 2.75) is 24.8 Å². The van der Waals surface area contributed by atoms with E-state index in [4.69, 9.17) is 9.47 Å². The number of carbonyl (C=O) groups is 1. The van der Waals surface area contributed by atoms with Gasteiger partial charge >= 0.3 is 5.97 Å². The Labute approximate surface area is 135 Å². The molecule has 0 saturated heterocycles. The fraction of sp³-hybridized carbons (Fsp3) is 0.235. The van der Waals surface area contributed by atoms with E-state index in [0.29, 0.717) is 11.3 Å². The first-order valence-corrected chi connectivity index (χ1v) is 8.94. The van der Waals surface area contributed by atoms with Crippen molar-refractivity contribution in [3.05, 3.63) is 54.1 Å². The molecular formula is C17H18O5S. The Morgan fingerprint density at radius 3 is 1.91 bits per heavy atom. The van der Waals surface area contributed by atoms with Gasteiger partial charge in [0.15, 0.2) is 9.84 Å². The Morgan fingerprint density at radius 1 is 0.913 bits per heavy atom. The molecule has 0 saturated carbocycles. The molecule has 0 N–H and O–H groups in total. The quantitative estimate of drug-likeness (QED) is 0.621. The molecule has 0 aromatic heterocycles. The molecule has 2 aromatic carbocycles. The predicted molar refractivity (Wildman–Crippen MR) is 86.7 cm³/mol. The topological polar surface area (TPSA) is 69.7 Å². The zero-order valence-corrected chi connectivity index (χ0v) is 14.0. The van der Waals surface area contributed by atoms with Crippen molar-refractivity contribution in [3.63, 3.8) is 0 Å². The summed E-state index contributed by atoms with van der Waals surface area (Å²) < 4.78 is 33.5. The molecular weight excluding hydrogens is 316 g/mol. The lowest BCUT2D eigenvalue weighted by Gasteiger charge is -2.10. The molecule has 0 amide bonds. The minimum Gasteiger partial charge on any atom is -0.491 e. The largest absolute Gasteiger partial charge is 0.491 e. The highest BCUT2D eigenvalue weighted by atomic mass is 32.2. The lowest BCUT2D eigenvalue weighted by molar-refractivity contribution is 0.0734. The summed E-state index contributed by atoms with van der Waals surface area (Å²) in [5, 5.41) is 0. The van der Waals surface area contributed by atoms with Crippen LogP contribution < -0.4 is 9.47 Å². The highest BCUT2D eigenvalue weighted by Crippen LogP contribution is 2.19. The maximum Gasteiger partial charge on any atom is 0.343 e. The standard InChI is InChI=1S/C17H18O5S/c1-12(2)21-14-6-4-13(5-7-14)17(18)22-15-8-10-16(11-9-15)23(3,19)20/h4-12H,1-3H3. The van der Waals surface area contributed by atoms with Gasteiger partial charge in [0.25, 0.3) is 0 Å². The number of ether oxygens (including phenoxy) is 2. The van der Waals surface area contributed by atoms with Crippen molar-refractivity contribution in [3.8, 4) is 11.5 Å². The van der Waals surface area contributed by atoms with Crippen molar-refractivity contribution < 1.29 is 22.7 Å². The second kappa shape index (κ2) is 6.83. The van der Waals surface area contributed by atoms with Crippen LogP contribution in [0.4, 0.5) is 0 Å². The molecule has 0 atom stereocenters. The molecule has 0 bridgehead atoms. The molecule has 0 radical (unpaired) electrons.